The van der Waals surface area contributed by atoms with E-state index in [4.69, 9.17) is 4.74 Å². The molecule has 0 spiro atoms. The molecule has 0 aliphatic heterocycles. The fraction of sp³-hybridized carbons (Fsp3) is 0.485. The summed E-state index contributed by atoms with van der Waals surface area (Å²) in [5.41, 5.74) is 4.90. The van der Waals surface area contributed by atoms with Gasteiger partial charge in [0.1, 0.15) is 0 Å². The van der Waals surface area contributed by atoms with Gasteiger partial charge in [0.2, 0.25) is 0 Å². The van der Waals surface area contributed by atoms with Crippen molar-refractivity contribution in [2.75, 3.05) is 13.2 Å². The number of hydrogen-bond donors (Lipinski definition) is 1. The van der Waals surface area contributed by atoms with E-state index in [1.165, 1.54) is 56.9 Å². The van der Waals surface area contributed by atoms with Crippen LogP contribution >= 0.6 is 0 Å². The molecule has 1 N–H and O–H groups in total. The van der Waals surface area contributed by atoms with Crippen molar-refractivity contribution in [3.8, 4) is 11.8 Å². The van der Waals surface area contributed by atoms with Crippen LogP contribution in [0.1, 0.15) is 93.4 Å². The maximum Gasteiger partial charge on any atom is 0.333 e. The van der Waals surface area contributed by atoms with E-state index in [1.807, 2.05) is 24.3 Å². The number of esters is 1. The predicted octanol–water partition coefficient (Wildman–Crippen LogP) is 7.21. The van der Waals surface area contributed by atoms with Crippen molar-refractivity contribution in [3.63, 3.8) is 0 Å². The number of unbranched alkanes of at least 4 members (excludes halogenated alkanes) is 2. The van der Waals surface area contributed by atoms with Crippen molar-refractivity contribution in [2.45, 2.75) is 77.6 Å². The van der Waals surface area contributed by atoms with Crippen LogP contribution in [-0.4, -0.2) is 24.3 Å². The van der Waals surface area contributed by atoms with Crippen LogP contribution in [0.25, 0.3) is 0 Å². The molecule has 1 atom stereocenters. The molecule has 0 saturated heterocycles. The van der Waals surface area contributed by atoms with E-state index >= 15 is 0 Å². The molecule has 1 aliphatic carbocycles. The maximum atomic E-state index is 11.6. The van der Waals surface area contributed by atoms with Gasteiger partial charge in [-0.15, -0.1) is 0 Å². The Morgan fingerprint density at radius 3 is 2.17 bits per heavy atom. The fourth-order valence-corrected chi connectivity index (χ4v) is 5.00. The highest BCUT2D eigenvalue weighted by Gasteiger charge is 2.21. The summed E-state index contributed by atoms with van der Waals surface area (Å²) in [7, 11) is 0. The highest BCUT2D eigenvalue weighted by molar-refractivity contribution is 5.86. The average Bonchev–Trinajstić information content (AvgIpc) is 2.91. The van der Waals surface area contributed by atoms with Crippen molar-refractivity contribution in [2.24, 2.45) is 11.8 Å². The normalized spacial score (nSPS) is 18.1. The second-order valence-corrected chi connectivity index (χ2v) is 10.4. The topological polar surface area (TPSA) is 46.5 Å². The Bertz CT molecular complexity index is 1020. The molecule has 1 aliphatic rings. The summed E-state index contributed by atoms with van der Waals surface area (Å²) in [6, 6.07) is 16.9. The van der Waals surface area contributed by atoms with E-state index in [-0.39, 0.29) is 19.1 Å². The van der Waals surface area contributed by atoms with Gasteiger partial charge in [-0.25, -0.2) is 4.79 Å². The minimum absolute atomic E-state index is 0.0403. The van der Waals surface area contributed by atoms with Gasteiger partial charge < -0.3 is 9.84 Å². The zero-order chi connectivity index (χ0) is 25.8. The summed E-state index contributed by atoms with van der Waals surface area (Å²) >= 11 is 0. The van der Waals surface area contributed by atoms with Gasteiger partial charge in [0.15, 0.2) is 0 Å². The lowest BCUT2D eigenvalue weighted by Crippen LogP contribution is -2.19. The molecule has 0 heterocycles. The summed E-state index contributed by atoms with van der Waals surface area (Å²) in [4.78, 5) is 11.6. The molecule has 0 radical (unpaired) electrons. The molecule has 0 bridgehead atoms. The molecule has 2 aromatic carbocycles. The lowest BCUT2D eigenvalue weighted by atomic mass is 9.77. The first-order valence-electron chi connectivity index (χ1n) is 13.6. The van der Waals surface area contributed by atoms with Crippen LogP contribution in [0.2, 0.25) is 0 Å². The molecule has 1 saturated carbocycles. The second-order valence-electron chi connectivity index (χ2n) is 10.4. The Balaban J connectivity index is 1.48. The minimum Gasteiger partial charge on any atom is -0.462 e. The van der Waals surface area contributed by atoms with Crippen molar-refractivity contribution in [1.29, 1.82) is 0 Å². The van der Waals surface area contributed by atoms with Gasteiger partial charge in [0.25, 0.3) is 0 Å². The largest absolute Gasteiger partial charge is 0.462 e. The monoisotopic (exact) mass is 486 g/mol. The van der Waals surface area contributed by atoms with Crippen molar-refractivity contribution in [3.05, 3.63) is 82.9 Å². The SMILES string of the molecule is C=C(C)C(=O)OCC(CO)Cc1ccc(C#Cc2ccc(C3CCC(CCCCC)CC3)cc2)cc1. The number of rotatable bonds is 11. The van der Waals surface area contributed by atoms with Gasteiger partial charge in [-0.1, -0.05) is 75.3 Å². The Morgan fingerprint density at radius 1 is 1.00 bits per heavy atom. The van der Waals surface area contributed by atoms with Crippen LogP contribution in [0.3, 0.4) is 0 Å². The third-order valence-electron chi connectivity index (χ3n) is 7.33. The molecule has 0 aromatic heterocycles. The molecule has 1 fully saturated rings. The Kier molecular flexibility index (Phi) is 11.3. The van der Waals surface area contributed by atoms with E-state index in [9.17, 15) is 9.90 Å². The number of aliphatic hydroxyl groups is 1. The van der Waals surface area contributed by atoms with Crippen LogP contribution in [0, 0.1) is 23.7 Å². The first-order valence-corrected chi connectivity index (χ1v) is 13.6. The van der Waals surface area contributed by atoms with Crippen LogP contribution < -0.4 is 0 Å². The zero-order valence-electron chi connectivity index (χ0n) is 22.1. The number of carbonyl (C=O) groups excluding carboxylic acids is 1. The molecular weight excluding hydrogens is 444 g/mol. The lowest BCUT2D eigenvalue weighted by molar-refractivity contribution is -0.140. The highest BCUT2D eigenvalue weighted by Crippen LogP contribution is 2.37. The number of ether oxygens (including phenoxy) is 1. The third-order valence-corrected chi connectivity index (χ3v) is 7.33. The van der Waals surface area contributed by atoms with E-state index in [0.29, 0.717) is 17.9 Å². The van der Waals surface area contributed by atoms with Crippen LogP contribution in [0.5, 0.6) is 0 Å². The number of carbonyl (C=O) groups is 1. The fourth-order valence-electron chi connectivity index (χ4n) is 5.00. The summed E-state index contributed by atoms with van der Waals surface area (Å²) in [5, 5.41) is 9.62. The average molecular weight is 487 g/mol. The van der Waals surface area contributed by atoms with Gasteiger partial charge in [-0.2, -0.15) is 0 Å². The molecule has 192 valence electrons. The first kappa shape index (κ1) is 27.8. The van der Waals surface area contributed by atoms with E-state index < -0.39 is 5.97 Å². The van der Waals surface area contributed by atoms with E-state index in [0.717, 1.165) is 22.6 Å². The maximum absolute atomic E-state index is 11.6. The smallest absolute Gasteiger partial charge is 0.333 e. The molecule has 3 heteroatoms. The summed E-state index contributed by atoms with van der Waals surface area (Å²) in [6.45, 7) is 7.62. The zero-order valence-corrected chi connectivity index (χ0v) is 22.1. The van der Waals surface area contributed by atoms with Crippen molar-refractivity contribution < 1.29 is 14.6 Å². The summed E-state index contributed by atoms with van der Waals surface area (Å²) in [6.07, 6.45) is 11.6. The molecular formula is C33H42O3. The second kappa shape index (κ2) is 14.7. The summed E-state index contributed by atoms with van der Waals surface area (Å²) < 4.78 is 5.19. The van der Waals surface area contributed by atoms with Gasteiger partial charge in [-0.05, 0) is 86.3 Å². The molecule has 0 amide bonds. The molecule has 3 nitrogen and oxygen atoms in total. The van der Waals surface area contributed by atoms with Crippen LogP contribution in [0.15, 0.2) is 60.7 Å². The Morgan fingerprint density at radius 2 is 1.61 bits per heavy atom. The lowest BCUT2D eigenvalue weighted by Gasteiger charge is -2.29. The quantitative estimate of drug-likeness (QED) is 0.158. The van der Waals surface area contributed by atoms with E-state index in [2.05, 4.69) is 49.6 Å². The predicted molar refractivity (Wildman–Crippen MR) is 148 cm³/mol. The summed E-state index contributed by atoms with van der Waals surface area (Å²) in [5.74, 6) is 7.63. The number of hydrogen-bond acceptors (Lipinski definition) is 3. The number of aliphatic hydroxyl groups excluding tert-OH is 1. The third kappa shape index (κ3) is 8.99. The minimum atomic E-state index is -0.419. The Labute approximate surface area is 218 Å². The molecule has 1 unspecified atom stereocenters. The van der Waals surface area contributed by atoms with Gasteiger partial charge in [0, 0.05) is 29.2 Å². The first-order chi connectivity index (χ1) is 17.5. The molecule has 36 heavy (non-hydrogen) atoms. The van der Waals surface area contributed by atoms with E-state index in [1.54, 1.807) is 6.92 Å². The van der Waals surface area contributed by atoms with Crippen molar-refractivity contribution >= 4 is 5.97 Å². The van der Waals surface area contributed by atoms with Gasteiger partial charge in [0.05, 0.1) is 6.61 Å². The molecule has 3 rings (SSSR count). The van der Waals surface area contributed by atoms with Gasteiger partial charge >= 0.3 is 5.97 Å². The van der Waals surface area contributed by atoms with Crippen LogP contribution in [-0.2, 0) is 16.0 Å². The highest BCUT2D eigenvalue weighted by atomic mass is 16.5. The molecule has 2 aromatic rings. The number of benzene rings is 2. The standard InChI is InChI=1S/C33H42O3/c1-4-5-6-7-26-14-18-31(19-15-26)32-20-16-28(17-21-32)9-8-27-10-12-29(13-11-27)22-30(23-34)24-36-33(35)25(2)3/h10-13,16-17,20-21,26,30-31,34H,2,4-7,14-15,18-19,22-24H2,1,3H3. The van der Waals surface area contributed by atoms with Gasteiger partial charge in [-0.3, -0.25) is 0 Å². The van der Waals surface area contributed by atoms with Crippen molar-refractivity contribution in [1.82, 2.24) is 0 Å². The Hall–Kier alpha value is -2.83. The van der Waals surface area contributed by atoms with Crippen LogP contribution in [0.4, 0.5) is 0 Å².